The van der Waals surface area contributed by atoms with Gasteiger partial charge in [-0.2, -0.15) is 0 Å². The first-order valence-corrected chi connectivity index (χ1v) is 5.41. The number of carboxylic acid groups (broad SMARTS) is 1. The first-order valence-electron chi connectivity index (χ1n) is 5.03. The van der Waals surface area contributed by atoms with Gasteiger partial charge in [0.2, 0.25) is 5.76 Å². The first-order chi connectivity index (χ1) is 8.40. The molecule has 0 saturated carbocycles. The second-order valence-corrected chi connectivity index (χ2v) is 4.09. The summed E-state index contributed by atoms with van der Waals surface area (Å²) in [5, 5.41) is 18.0. The zero-order valence-corrected chi connectivity index (χ0v) is 10.4. The van der Waals surface area contributed by atoms with E-state index in [1.807, 2.05) is 0 Å². The van der Waals surface area contributed by atoms with E-state index in [0.717, 1.165) is 5.56 Å². The van der Waals surface area contributed by atoms with Crippen LogP contribution in [0.4, 0.5) is 0 Å². The highest BCUT2D eigenvalue weighted by Crippen LogP contribution is 2.11. The molecule has 0 fully saturated rings. The third kappa shape index (κ3) is 4.10. The first kappa shape index (κ1) is 14.1. The third-order valence-corrected chi connectivity index (χ3v) is 2.44. The average molecular weight is 270 g/mol. The second kappa shape index (κ2) is 6.07. The molecule has 6 heteroatoms. The number of nitrogens with zero attached hydrogens (tertiary/aromatic N) is 1. The highest BCUT2D eigenvalue weighted by molar-refractivity contribution is 6.30. The highest BCUT2D eigenvalue weighted by Gasteiger charge is 2.11. The number of amides is 1. The van der Waals surface area contributed by atoms with E-state index in [2.05, 4.69) is 0 Å². The predicted octanol–water partition coefficient (Wildman–Crippen LogP) is 1.82. The van der Waals surface area contributed by atoms with E-state index in [1.165, 1.54) is 11.9 Å². The summed E-state index contributed by atoms with van der Waals surface area (Å²) in [7, 11) is 1.50. The highest BCUT2D eigenvalue weighted by atomic mass is 35.5. The van der Waals surface area contributed by atoms with Crippen molar-refractivity contribution in [2.24, 2.45) is 0 Å². The molecule has 5 nitrogen and oxygen atoms in total. The summed E-state index contributed by atoms with van der Waals surface area (Å²) in [5.41, 5.74) is 0.846. The molecule has 0 aliphatic carbocycles. The zero-order chi connectivity index (χ0) is 13.7. The Kier molecular flexibility index (Phi) is 4.74. The molecule has 0 radical (unpaired) electrons. The number of hydrogen-bond acceptors (Lipinski definition) is 3. The van der Waals surface area contributed by atoms with Crippen molar-refractivity contribution in [3.63, 3.8) is 0 Å². The summed E-state index contributed by atoms with van der Waals surface area (Å²) in [4.78, 5) is 23.2. The molecule has 1 amide bonds. The Labute approximate surface area is 109 Å². The van der Waals surface area contributed by atoms with Crippen LogP contribution in [-0.2, 0) is 16.1 Å². The number of hydrogen-bond donors (Lipinski definition) is 2. The van der Waals surface area contributed by atoms with Crippen molar-refractivity contribution in [3.05, 3.63) is 46.7 Å². The Morgan fingerprint density at radius 2 is 1.83 bits per heavy atom. The van der Waals surface area contributed by atoms with Crippen molar-refractivity contribution in [3.8, 4) is 0 Å². The SMILES string of the molecule is CN(Cc1ccc(Cl)cc1)C(=O)C=C(O)C(=O)O. The molecule has 1 rings (SSSR count). The van der Waals surface area contributed by atoms with Crippen LogP contribution in [0.15, 0.2) is 36.1 Å². The van der Waals surface area contributed by atoms with Gasteiger partial charge in [-0.15, -0.1) is 0 Å². The van der Waals surface area contributed by atoms with Gasteiger partial charge in [0.15, 0.2) is 0 Å². The Morgan fingerprint density at radius 1 is 1.28 bits per heavy atom. The monoisotopic (exact) mass is 269 g/mol. The molecule has 18 heavy (non-hydrogen) atoms. The molecule has 1 aromatic rings. The zero-order valence-electron chi connectivity index (χ0n) is 9.63. The lowest BCUT2D eigenvalue weighted by Crippen LogP contribution is -2.25. The van der Waals surface area contributed by atoms with Gasteiger partial charge < -0.3 is 15.1 Å². The fraction of sp³-hybridized carbons (Fsp3) is 0.167. The molecule has 0 aliphatic rings. The van der Waals surface area contributed by atoms with Crippen LogP contribution in [0.1, 0.15) is 5.56 Å². The van der Waals surface area contributed by atoms with E-state index < -0.39 is 17.6 Å². The Bertz CT molecular complexity index is 481. The third-order valence-electron chi connectivity index (χ3n) is 2.19. The summed E-state index contributed by atoms with van der Waals surface area (Å²) in [6, 6.07) is 6.90. The Morgan fingerprint density at radius 3 is 2.33 bits per heavy atom. The summed E-state index contributed by atoms with van der Waals surface area (Å²) in [6.45, 7) is 0.291. The van der Waals surface area contributed by atoms with Crippen LogP contribution < -0.4 is 0 Å². The van der Waals surface area contributed by atoms with Gasteiger partial charge in [-0.1, -0.05) is 23.7 Å². The molecule has 2 N–H and O–H groups in total. The lowest BCUT2D eigenvalue weighted by Gasteiger charge is -2.15. The molecule has 0 saturated heterocycles. The number of benzene rings is 1. The van der Waals surface area contributed by atoms with Crippen molar-refractivity contribution >= 4 is 23.5 Å². The predicted molar refractivity (Wildman–Crippen MR) is 66.3 cm³/mol. The van der Waals surface area contributed by atoms with Gasteiger partial charge in [0.25, 0.3) is 5.91 Å². The summed E-state index contributed by atoms with van der Waals surface area (Å²) in [5.74, 6) is -3.11. The number of halogens is 1. The fourth-order valence-electron chi connectivity index (χ4n) is 1.23. The average Bonchev–Trinajstić information content (AvgIpc) is 2.31. The van der Waals surface area contributed by atoms with Gasteiger partial charge in [0.1, 0.15) is 0 Å². The molecular weight excluding hydrogens is 258 g/mol. The summed E-state index contributed by atoms with van der Waals surface area (Å²) in [6.07, 6.45) is 0.665. The van der Waals surface area contributed by atoms with Crippen molar-refractivity contribution in [2.75, 3.05) is 7.05 Å². The van der Waals surface area contributed by atoms with E-state index in [4.69, 9.17) is 21.8 Å². The summed E-state index contributed by atoms with van der Waals surface area (Å²) >= 11 is 5.73. The van der Waals surface area contributed by atoms with Gasteiger partial charge in [0, 0.05) is 18.6 Å². The number of likely N-dealkylation sites (N-methyl/N-ethyl adjacent to an activating group) is 1. The standard InChI is InChI=1S/C12H12ClNO4/c1-14(11(16)6-10(15)12(17)18)7-8-2-4-9(13)5-3-8/h2-6,15H,7H2,1H3,(H,17,18). The van der Waals surface area contributed by atoms with Crippen LogP contribution in [-0.4, -0.2) is 34.0 Å². The molecular formula is C12H12ClNO4. The minimum atomic E-state index is -1.54. The minimum absolute atomic E-state index is 0.291. The maximum Gasteiger partial charge on any atom is 0.371 e. The van der Waals surface area contributed by atoms with E-state index in [0.29, 0.717) is 17.6 Å². The van der Waals surface area contributed by atoms with Crippen molar-refractivity contribution in [2.45, 2.75) is 6.54 Å². The van der Waals surface area contributed by atoms with Gasteiger partial charge in [-0.25, -0.2) is 4.79 Å². The van der Waals surface area contributed by atoms with Gasteiger partial charge in [0.05, 0.1) is 6.08 Å². The molecule has 0 spiro atoms. The largest absolute Gasteiger partial charge is 0.502 e. The maximum absolute atomic E-state index is 11.5. The van der Waals surface area contributed by atoms with E-state index in [-0.39, 0.29) is 0 Å². The van der Waals surface area contributed by atoms with Crippen molar-refractivity contribution < 1.29 is 19.8 Å². The van der Waals surface area contributed by atoms with Crippen LogP contribution in [0.3, 0.4) is 0 Å². The molecule has 1 aromatic carbocycles. The number of carbonyl (C=O) groups excluding carboxylic acids is 1. The molecule has 0 bridgehead atoms. The molecule has 96 valence electrons. The van der Waals surface area contributed by atoms with Gasteiger partial charge in [-0.05, 0) is 17.7 Å². The van der Waals surface area contributed by atoms with Crippen molar-refractivity contribution in [1.82, 2.24) is 4.90 Å². The minimum Gasteiger partial charge on any atom is -0.502 e. The maximum atomic E-state index is 11.5. The van der Waals surface area contributed by atoms with E-state index in [1.54, 1.807) is 24.3 Å². The number of aliphatic carboxylic acids is 1. The number of aliphatic hydroxyl groups excluding tert-OH is 1. The summed E-state index contributed by atoms with van der Waals surface area (Å²) < 4.78 is 0. The van der Waals surface area contributed by atoms with Crippen molar-refractivity contribution in [1.29, 1.82) is 0 Å². The molecule has 0 unspecified atom stereocenters. The Hall–Kier alpha value is -2.01. The Balaban J connectivity index is 2.68. The lowest BCUT2D eigenvalue weighted by atomic mass is 10.2. The van der Waals surface area contributed by atoms with Gasteiger partial charge in [-0.3, -0.25) is 4.79 Å². The van der Waals surface area contributed by atoms with Crippen LogP contribution in [0, 0.1) is 0 Å². The van der Waals surface area contributed by atoms with E-state index in [9.17, 15) is 9.59 Å². The number of aliphatic hydroxyl groups is 1. The van der Waals surface area contributed by atoms with Gasteiger partial charge >= 0.3 is 5.97 Å². The number of carboxylic acids is 1. The topological polar surface area (TPSA) is 77.8 Å². The van der Waals surface area contributed by atoms with E-state index >= 15 is 0 Å². The lowest BCUT2D eigenvalue weighted by molar-refractivity contribution is -0.136. The molecule has 0 heterocycles. The quantitative estimate of drug-likeness (QED) is 0.646. The van der Waals surface area contributed by atoms with Crippen LogP contribution in [0.5, 0.6) is 0 Å². The number of carbonyl (C=O) groups is 2. The fourth-order valence-corrected chi connectivity index (χ4v) is 1.36. The second-order valence-electron chi connectivity index (χ2n) is 3.66. The number of rotatable bonds is 4. The molecule has 0 aliphatic heterocycles. The van der Waals surface area contributed by atoms with Crippen LogP contribution >= 0.6 is 11.6 Å². The normalized spacial score (nSPS) is 11.1. The van der Waals surface area contributed by atoms with Crippen LogP contribution in [0.2, 0.25) is 5.02 Å². The smallest absolute Gasteiger partial charge is 0.371 e. The molecule has 0 atom stereocenters. The van der Waals surface area contributed by atoms with Crippen LogP contribution in [0.25, 0.3) is 0 Å². The molecule has 0 aromatic heterocycles.